The van der Waals surface area contributed by atoms with Crippen molar-refractivity contribution < 1.29 is 39.6 Å². The SMILES string of the molecule is CC(NC(=O)Nc1ccc(S(N)(=O)=O)cc1)(C(F)(F)F)C(F)(F)F. The number of carbonyl (C=O) groups excluding carboxylic acids is 1. The lowest BCUT2D eigenvalue weighted by Gasteiger charge is -2.34. The number of nitrogens with one attached hydrogen (secondary N) is 2. The van der Waals surface area contributed by atoms with Gasteiger partial charge in [-0.25, -0.2) is 18.4 Å². The zero-order valence-electron chi connectivity index (χ0n) is 11.8. The molecule has 0 fully saturated rings. The molecule has 0 unspecified atom stereocenters. The highest BCUT2D eigenvalue weighted by Crippen LogP contribution is 2.42. The molecule has 0 bridgehead atoms. The predicted octanol–water partition coefficient (Wildman–Crippen LogP) is 2.34. The fourth-order valence-electron chi connectivity index (χ4n) is 1.42. The summed E-state index contributed by atoms with van der Waals surface area (Å²) in [5.74, 6) is 0. The summed E-state index contributed by atoms with van der Waals surface area (Å²) in [5.41, 5.74) is -4.71. The number of alkyl halides is 6. The number of sulfonamides is 1. The molecular weight excluding hydrogens is 368 g/mol. The molecular formula is C11H11F6N3O3S. The monoisotopic (exact) mass is 379 g/mol. The van der Waals surface area contributed by atoms with Crippen molar-refractivity contribution in [2.75, 3.05) is 5.32 Å². The first kappa shape index (κ1) is 20.0. The number of primary sulfonamides is 1. The lowest BCUT2D eigenvalue weighted by Crippen LogP contribution is -2.66. The third kappa shape index (κ3) is 4.29. The van der Waals surface area contributed by atoms with Gasteiger partial charge in [0.25, 0.3) is 0 Å². The molecule has 6 nitrogen and oxygen atoms in total. The van der Waals surface area contributed by atoms with Gasteiger partial charge in [0, 0.05) is 5.69 Å². The third-order valence-electron chi connectivity index (χ3n) is 2.94. The Bertz CT molecular complexity index is 698. The van der Waals surface area contributed by atoms with Crippen LogP contribution in [0.4, 0.5) is 36.8 Å². The first-order valence-electron chi connectivity index (χ1n) is 5.93. The van der Waals surface area contributed by atoms with Crippen LogP contribution in [-0.2, 0) is 10.0 Å². The van der Waals surface area contributed by atoms with Crippen LogP contribution in [-0.4, -0.2) is 32.3 Å². The van der Waals surface area contributed by atoms with Crippen LogP contribution >= 0.6 is 0 Å². The zero-order chi connectivity index (χ0) is 19.0. The van der Waals surface area contributed by atoms with E-state index in [2.05, 4.69) is 0 Å². The smallest absolute Gasteiger partial charge is 0.316 e. The van der Waals surface area contributed by atoms with Crippen molar-refractivity contribution in [2.45, 2.75) is 29.7 Å². The van der Waals surface area contributed by atoms with E-state index < -0.39 is 33.9 Å². The van der Waals surface area contributed by atoms with Gasteiger partial charge in [-0.15, -0.1) is 0 Å². The van der Waals surface area contributed by atoms with Gasteiger partial charge >= 0.3 is 18.4 Å². The molecule has 0 aliphatic heterocycles. The second-order valence-corrected chi connectivity index (χ2v) is 6.33. The van der Waals surface area contributed by atoms with E-state index in [1.54, 1.807) is 5.32 Å². The first-order valence-corrected chi connectivity index (χ1v) is 7.48. The summed E-state index contributed by atoms with van der Waals surface area (Å²) in [6.07, 6.45) is -11.6. The molecule has 4 N–H and O–H groups in total. The van der Waals surface area contributed by atoms with Gasteiger partial charge in [-0.05, 0) is 31.2 Å². The molecule has 0 atom stereocenters. The Morgan fingerprint density at radius 2 is 1.42 bits per heavy atom. The highest BCUT2D eigenvalue weighted by atomic mass is 32.2. The number of nitrogens with two attached hydrogens (primary N) is 1. The van der Waals surface area contributed by atoms with Crippen LogP contribution in [0.2, 0.25) is 0 Å². The molecule has 0 saturated heterocycles. The van der Waals surface area contributed by atoms with Gasteiger partial charge in [-0.3, -0.25) is 0 Å². The molecule has 1 aromatic rings. The maximum absolute atomic E-state index is 12.6. The van der Waals surface area contributed by atoms with Crippen molar-refractivity contribution in [3.05, 3.63) is 24.3 Å². The molecule has 0 aliphatic rings. The minimum absolute atomic E-state index is 0.226. The van der Waals surface area contributed by atoms with Crippen molar-refractivity contribution in [1.29, 1.82) is 0 Å². The molecule has 0 radical (unpaired) electrons. The Labute approximate surface area is 132 Å². The predicted molar refractivity (Wildman–Crippen MR) is 70.5 cm³/mol. The van der Waals surface area contributed by atoms with Crippen LogP contribution in [0.15, 0.2) is 29.2 Å². The average molecular weight is 379 g/mol. The standard InChI is InChI=1S/C11H11F6N3O3S/c1-9(10(12,13)14,11(15,16)17)20-8(21)19-6-2-4-7(5-3-6)24(18,22)23/h2-5H,1H3,(H2,18,22,23)(H2,19,20,21). The maximum Gasteiger partial charge on any atom is 0.420 e. The second kappa shape index (κ2) is 6.12. The molecule has 2 amide bonds. The molecule has 1 rings (SSSR count). The minimum atomic E-state index is -5.79. The first-order chi connectivity index (χ1) is 10.6. The van der Waals surface area contributed by atoms with Crippen molar-refractivity contribution in [1.82, 2.24) is 5.32 Å². The van der Waals surface area contributed by atoms with Gasteiger partial charge in [0.2, 0.25) is 15.6 Å². The number of halogens is 6. The molecule has 136 valence electrons. The topological polar surface area (TPSA) is 101 Å². The van der Waals surface area contributed by atoms with E-state index in [0.29, 0.717) is 0 Å². The van der Waals surface area contributed by atoms with Crippen molar-refractivity contribution in [3.63, 3.8) is 0 Å². The average Bonchev–Trinajstić information content (AvgIpc) is 2.35. The Hall–Kier alpha value is -2.02. The van der Waals surface area contributed by atoms with E-state index in [-0.39, 0.29) is 17.5 Å². The van der Waals surface area contributed by atoms with Gasteiger partial charge in [0.05, 0.1) is 4.90 Å². The van der Waals surface area contributed by atoms with Gasteiger partial charge in [0.15, 0.2) is 0 Å². The fourth-order valence-corrected chi connectivity index (χ4v) is 1.94. The van der Waals surface area contributed by atoms with Gasteiger partial charge in [-0.2, -0.15) is 26.3 Å². The number of amides is 2. The summed E-state index contributed by atoms with van der Waals surface area (Å²) in [7, 11) is -4.04. The molecule has 13 heteroatoms. The van der Waals surface area contributed by atoms with E-state index in [1.807, 2.05) is 0 Å². The number of urea groups is 1. The molecule has 24 heavy (non-hydrogen) atoms. The summed E-state index contributed by atoms with van der Waals surface area (Å²) < 4.78 is 97.8. The quantitative estimate of drug-likeness (QED) is 0.703. The van der Waals surface area contributed by atoms with Crippen molar-refractivity contribution in [3.8, 4) is 0 Å². The Morgan fingerprint density at radius 1 is 1.00 bits per heavy atom. The Morgan fingerprint density at radius 3 is 1.75 bits per heavy atom. The summed E-state index contributed by atoms with van der Waals surface area (Å²) in [6.45, 7) is -0.226. The normalized spacial score (nSPS) is 13.5. The zero-order valence-corrected chi connectivity index (χ0v) is 12.6. The van der Waals surface area contributed by atoms with Gasteiger partial charge in [-0.1, -0.05) is 0 Å². The van der Waals surface area contributed by atoms with Gasteiger partial charge < -0.3 is 10.6 Å². The lowest BCUT2D eigenvalue weighted by molar-refractivity contribution is -0.297. The van der Waals surface area contributed by atoms with E-state index in [9.17, 15) is 39.6 Å². The third-order valence-corrected chi connectivity index (χ3v) is 3.87. The molecule has 0 aromatic heterocycles. The Balaban J connectivity index is 2.96. The number of carbonyl (C=O) groups is 1. The number of anilines is 1. The van der Waals surface area contributed by atoms with Crippen LogP contribution in [0.3, 0.4) is 0 Å². The highest BCUT2D eigenvalue weighted by Gasteiger charge is 2.68. The highest BCUT2D eigenvalue weighted by molar-refractivity contribution is 7.89. The number of rotatable bonds is 3. The van der Waals surface area contributed by atoms with Crippen molar-refractivity contribution >= 4 is 21.7 Å². The second-order valence-electron chi connectivity index (χ2n) is 4.77. The van der Waals surface area contributed by atoms with E-state index in [4.69, 9.17) is 5.14 Å². The van der Waals surface area contributed by atoms with Crippen LogP contribution in [0, 0.1) is 0 Å². The fraction of sp³-hybridized carbons (Fsp3) is 0.364. The minimum Gasteiger partial charge on any atom is -0.316 e. The summed E-state index contributed by atoms with van der Waals surface area (Å²) in [6, 6.07) is 1.93. The summed E-state index contributed by atoms with van der Waals surface area (Å²) in [4.78, 5) is 11.1. The number of hydrogen-bond donors (Lipinski definition) is 3. The van der Waals surface area contributed by atoms with Gasteiger partial charge in [0.1, 0.15) is 0 Å². The van der Waals surface area contributed by atoms with E-state index in [0.717, 1.165) is 29.6 Å². The molecule has 0 saturated carbocycles. The molecule has 0 aliphatic carbocycles. The lowest BCUT2D eigenvalue weighted by atomic mass is 10.0. The molecule has 0 spiro atoms. The number of benzene rings is 1. The number of hydrogen-bond acceptors (Lipinski definition) is 3. The maximum atomic E-state index is 12.6. The largest absolute Gasteiger partial charge is 0.420 e. The summed E-state index contributed by atoms with van der Waals surface area (Å²) >= 11 is 0. The Kier molecular flexibility index (Phi) is 5.11. The van der Waals surface area contributed by atoms with Crippen molar-refractivity contribution in [2.24, 2.45) is 5.14 Å². The van der Waals surface area contributed by atoms with Crippen LogP contribution in [0.1, 0.15) is 6.92 Å². The molecule has 1 aromatic carbocycles. The molecule has 0 heterocycles. The van der Waals surface area contributed by atoms with Crippen LogP contribution in [0.5, 0.6) is 0 Å². The van der Waals surface area contributed by atoms with E-state index in [1.165, 1.54) is 0 Å². The van der Waals surface area contributed by atoms with Crippen LogP contribution < -0.4 is 15.8 Å². The summed E-state index contributed by atoms with van der Waals surface area (Å²) in [5, 5.41) is 7.37. The van der Waals surface area contributed by atoms with Crippen LogP contribution in [0.25, 0.3) is 0 Å². The van der Waals surface area contributed by atoms with E-state index >= 15 is 0 Å².